The normalized spacial score (nSPS) is 10.3. The molecule has 106 valence electrons. The van der Waals surface area contributed by atoms with Gasteiger partial charge in [0.15, 0.2) is 0 Å². The first kappa shape index (κ1) is 14.0. The van der Waals surface area contributed by atoms with Crippen molar-refractivity contribution in [1.82, 2.24) is 0 Å². The van der Waals surface area contributed by atoms with Crippen LogP contribution in [0.3, 0.4) is 0 Å². The van der Waals surface area contributed by atoms with Crippen molar-refractivity contribution in [2.75, 3.05) is 24.3 Å². The number of aromatic carboxylic acids is 1. The number of nitrogens with zero attached hydrogens (tertiary/aromatic N) is 1. The second kappa shape index (κ2) is 5.69. The first-order valence-corrected chi connectivity index (χ1v) is 6.32. The average molecular weight is 274 g/mol. The smallest absolute Gasteiger partial charge is 0.339 e. The van der Waals surface area contributed by atoms with Crippen molar-refractivity contribution in [3.8, 4) is 0 Å². The van der Waals surface area contributed by atoms with Gasteiger partial charge >= 0.3 is 5.97 Å². The predicted molar refractivity (Wildman–Crippen MR) is 78.5 cm³/mol. The second-order valence-electron chi connectivity index (χ2n) is 4.75. The Hall–Kier alpha value is -2.43. The van der Waals surface area contributed by atoms with Gasteiger partial charge in [0.05, 0.1) is 17.9 Å². The summed E-state index contributed by atoms with van der Waals surface area (Å²) in [6.07, 6.45) is 0. The van der Waals surface area contributed by atoms with E-state index in [0.717, 1.165) is 11.4 Å². The number of rotatable bonds is 5. The summed E-state index contributed by atoms with van der Waals surface area (Å²) in [5, 5.41) is 12.3. The van der Waals surface area contributed by atoms with Crippen LogP contribution in [0.4, 0.5) is 11.4 Å². The number of benzene rings is 1. The van der Waals surface area contributed by atoms with Gasteiger partial charge in [-0.3, -0.25) is 0 Å². The Morgan fingerprint density at radius 2 is 2.05 bits per heavy atom. The molecule has 0 aliphatic rings. The number of hydrogen-bond donors (Lipinski definition) is 2. The Morgan fingerprint density at radius 1 is 1.35 bits per heavy atom. The zero-order chi connectivity index (χ0) is 14.7. The first-order chi connectivity index (χ1) is 9.49. The molecule has 2 rings (SSSR count). The molecule has 2 N–H and O–H groups in total. The molecule has 0 saturated heterocycles. The second-order valence-corrected chi connectivity index (χ2v) is 4.75. The van der Waals surface area contributed by atoms with Crippen LogP contribution in [0.2, 0.25) is 0 Å². The fourth-order valence-electron chi connectivity index (χ4n) is 2.04. The zero-order valence-electron chi connectivity index (χ0n) is 11.8. The van der Waals surface area contributed by atoms with Gasteiger partial charge in [-0.05, 0) is 25.1 Å². The van der Waals surface area contributed by atoms with Gasteiger partial charge in [-0.1, -0.05) is 12.1 Å². The highest BCUT2D eigenvalue weighted by molar-refractivity contribution is 5.88. The van der Waals surface area contributed by atoms with Crippen molar-refractivity contribution in [3.05, 3.63) is 47.4 Å². The Labute approximate surface area is 117 Å². The molecule has 20 heavy (non-hydrogen) atoms. The van der Waals surface area contributed by atoms with Crippen molar-refractivity contribution in [2.45, 2.75) is 13.5 Å². The molecule has 1 aromatic carbocycles. The average Bonchev–Trinajstić information content (AvgIpc) is 2.78. The van der Waals surface area contributed by atoms with Crippen molar-refractivity contribution >= 4 is 17.3 Å². The van der Waals surface area contributed by atoms with Gasteiger partial charge in [-0.2, -0.15) is 0 Å². The van der Waals surface area contributed by atoms with Crippen LogP contribution in [0.5, 0.6) is 0 Å². The molecular weight excluding hydrogens is 256 g/mol. The summed E-state index contributed by atoms with van der Waals surface area (Å²) >= 11 is 0. The molecular formula is C15H18N2O3. The Balaban J connectivity index is 2.13. The number of carboxylic acid groups (broad SMARTS) is 1. The molecule has 0 fully saturated rings. The van der Waals surface area contributed by atoms with Crippen LogP contribution in [0.25, 0.3) is 0 Å². The molecule has 0 atom stereocenters. The standard InChI is InChI=1S/C15H18N2O3/c1-10-12(15(18)19)8-11(20-10)9-16-13-6-4-5-7-14(13)17(2)3/h4-8,16H,9H2,1-3H3,(H,18,19). The largest absolute Gasteiger partial charge is 0.478 e. The van der Waals surface area contributed by atoms with Gasteiger partial charge in [0.2, 0.25) is 0 Å². The maximum Gasteiger partial charge on any atom is 0.339 e. The summed E-state index contributed by atoms with van der Waals surface area (Å²) in [6.45, 7) is 2.10. The zero-order valence-corrected chi connectivity index (χ0v) is 11.8. The van der Waals surface area contributed by atoms with Gasteiger partial charge in [0, 0.05) is 14.1 Å². The van der Waals surface area contributed by atoms with E-state index < -0.39 is 5.97 Å². The molecule has 0 aliphatic carbocycles. The number of carboxylic acids is 1. The molecule has 0 unspecified atom stereocenters. The minimum atomic E-state index is -0.966. The van der Waals surface area contributed by atoms with Crippen LogP contribution in [0.15, 0.2) is 34.7 Å². The third kappa shape index (κ3) is 2.93. The third-order valence-corrected chi connectivity index (χ3v) is 3.04. The predicted octanol–water partition coefficient (Wildman–Crippen LogP) is 2.96. The summed E-state index contributed by atoms with van der Waals surface area (Å²) < 4.78 is 5.44. The van der Waals surface area contributed by atoms with Gasteiger partial charge in [0.1, 0.15) is 17.1 Å². The SMILES string of the molecule is Cc1oc(CNc2ccccc2N(C)C)cc1C(=O)O. The molecule has 1 aromatic heterocycles. The van der Waals surface area contributed by atoms with Crippen LogP contribution in [0, 0.1) is 6.92 Å². The molecule has 1 heterocycles. The Morgan fingerprint density at radius 3 is 2.65 bits per heavy atom. The number of aryl methyl sites for hydroxylation is 1. The molecule has 5 heteroatoms. The van der Waals surface area contributed by atoms with E-state index in [1.54, 1.807) is 13.0 Å². The van der Waals surface area contributed by atoms with E-state index in [9.17, 15) is 4.79 Å². The number of para-hydroxylation sites is 2. The van der Waals surface area contributed by atoms with Crippen molar-refractivity contribution in [2.24, 2.45) is 0 Å². The monoisotopic (exact) mass is 274 g/mol. The van der Waals surface area contributed by atoms with E-state index in [1.165, 1.54) is 0 Å². The van der Waals surface area contributed by atoms with Crippen molar-refractivity contribution in [3.63, 3.8) is 0 Å². The minimum absolute atomic E-state index is 0.211. The van der Waals surface area contributed by atoms with Gasteiger partial charge in [-0.15, -0.1) is 0 Å². The van der Waals surface area contributed by atoms with E-state index in [-0.39, 0.29) is 5.56 Å². The lowest BCUT2D eigenvalue weighted by Gasteiger charge is -2.17. The van der Waals surface area contributed by atoms with E-state index in [0.29, 0.717) is 18.1 Å². The maximum absolute atomic E-state index is 11.0. The third-order valence-electron chi connectivity index (χ3n) is 3.04. The van der Waals surface area contributed by atoms with Crippen LogP contribution < -0.4 is 10.2 Å². The quantitative estimate of drug-likeness (QED) is 0.877. The van der Waals surface area contributed by atoms with Crippen LogP contribution in [0.1, 0.15) is 21.9 Å². The van der Waals surface area contributed by atoms with Crippen LogP contribution in [-0.4, -0.2) is 25.2 Å². The summed E-state index contributed by atoms with van der Waals surface area (Å²) in [6, 6.07) is 9.47. The molecule has 2 aromatic rings. The molecule has 5 nitrogen and oxygen atoms in total. The highest BCUT2D eigenvalue weighted by atomic mass is 16.4. The lowest BCUT2D eigenvalue weighted by Crippen LogP contribution is -2.11. The molecule has 0 bridgehead atoms. The fraction of sp³-hybridized carbons (Fsp3) is 0.267. The van der Waals surface area contributed by atoms with Crippen molar-refractivity contribution < 1.29 is 14.3 Å². The summed E-state index contributed by atoms with van der Waals surface area (Å²) in [7, 11) is 3.94. The maximum atomic E-state index is 11.0. The molecule has 0 amide bonds. The number of anilines is 2. The Kier molecular flexibility index (Phi) is 3.98. The van der Waals surface area contributed by atoms with Gasteiger partial charge in [-0.25, -0.2) is 4.79 Å². The lowest BCUT2D eigenvalue weighted by atomic mass is 10.2. The van der Waals surface area contributed by atoms with Gasteiger partial charge < -0.3 is 19.7 Å². The van der Waals surface area contributed by atoms with Crippen LogP contribution in [-0.2, 0) is 6.54 Å². The summed E-state index contributed by atoms with van der Waals surface area (Å²) in [5.74, 6) is 0.0647. The number of hydrogen-bond acceptors (Lipinski definition) is 4. The highest BCUT2D eigenvalue weighted by Gasteiger charge is 2.13. The summed E-state index contributed by atoms with van der Waals surface area (Å²) in [5.41, 5.74) is 2.25. The van der Waals surface area contributed by atoms with E-state index in [4.69, 9.17) is 9.52 Å². The van der Waals surface area contributed by atoms with Gasteiger partial charge in [0.25, 0.3) is 0 Å². The highest BCUT2D eigenvalue weighted by Crippen LogP contribution is 2.24. The minimum Gasteiger partial charge on any atom is -0.478 e. The van der Waals surface area contributed by atoms with E-state index in [1.807, 2.05) is 43.3 Å². The fourth-order valence-corrected chi connectivity index (χ4v) is 2.04. The molecule has 0 aliphatic heterocycles. The number of nitrogens with one attached hydrogen (secondary N) is 1. The summed E-state index contributed by atoms with van der Waals surface area (Å²) in [4.78, 5) is 13.0. The van der Waals surface area contributed by atoms with E-state index in [2.05, 4.69) is 5.32 Å². The van der Waals surface area contributed by atoms with Crippen molar-refractivity contribution in [1.29, 1.82) is 0 Å². The van der Waals surface area contributed by atoms with Crippen LogP contribution >= 0.6 is 0 Å². The first-order valence-electron chi connectivity index (χ1n) is 6.32. The topological polar surface area (TPSA) is 65.7 Å². The van der Waals surface area contributed by atoms with E-state index >= 15 is 0 Å². The lowest BCUT2D eigenvalue weighted by molar-refractivity contribution is 0.0695. The number of carbonyl (C=O) groups is 1. The molecule has 0 spiro atoms. The molecule has 0 saturated carbocycles. The number of furan rings is 1. The molecule has 0 radical (unpaired) electrons. The Bertz CT molecular complexity index is 617.